The standard InChI is InChI=1S/C24H38OSi/c1-5-6-7-8-12-15-23(26(2,3)4)24(19-17-22(25)20-24)18-16-21-13-10-9-11-14-21/h9-11,13-15H,5-8,12,16-20H2,1-4H3/b23-15-/t24-/m1/s1. The molecule has 144 valence electrons. The topological polar surface area (TPSA) is 17.1 Å². The first kappa shape index (κ1) is 21.2. The van der Waals surface area contributed by atoms with E-state index in [9.17, 15) is 4.79 Å². The molecule has 1 atom stereocenters. The van der Waals surface area contributed by atoms with Gasteiger partial charge in [-0.2, -0.15) is 0 Å². The highest BCUT2D eigenvalue weighted by molar-refractivity contribution is 6.83. The zero-order chi connectivity index (χ0) is 19.0. The lowest BCUT2D eigenvalue weighted by Gasteiger charge is -2.39. The average Bonchev–Trinajstić information content (AvgIpc) is 2.98. The molecule has 0 spiro atoms. The molecule has 0 heterocycles. The van der Waals surface area contributed by atoms with E-state index >= 15 is 0 Å². The quantitative estimate of drug-likeness (QED) is 0.316. The van der Waals surface area contributed by atoms with Crippen LogP contribution >= 0.6 is 0 Å². The first-order valence-electron chi connectivity index (χ1n) is 10.6. The van der Waals surface area contributed by atoms with Crippen LogP contribution in [0.4, 0.5) is 0 Å². The van der Waals surface area contributed by atoms with E-state index < -0.39 is 8.07 Å². The maximum absolute atomic E-state index is 12.3. The smallest absolute Gasteiger partial charge is 0.133 e. The Labute approximate surface area is 162 Å². The number of ketones is 1. The van der Waals surface area contributed by atoms with Crippen molar-refractivity contribution in [2.24, 2.45) is 5.41 Å². The van der Waals surface area contributed by atoms with Crippen LogP contribution < -0.4 is 0 Å². The van der Waals surface area contributed by atoms with Gasteiger partial charge in [0.05, 0.1) is 8.07 Å². The van der Waals surface area contributed by atoms with Gasteiger partial charge in [0.1, 0.15) is 5.78 Å². The molecule has 0 saturated heterocycles. The van der Waals surface area contributed by atoms with Crippen molar-refractivity contribution in [2.75, 3.05) is 0 Å². The summed E-state index contributed by atoms with van der Waals surface area (Å²) < 4.78 is 0. The lowest BCUT2D eigenvalue weighted by atomic mass is 9.79. The van der Waals surface area contributed by atoms with Crippen LogP contribution in [0.1, 0.15) is 70.3 Å². The molecule has 26 heavy (non-hydrogen) atoms. The zero-order valence-electron chi connectivity index (χ0n) is 17.4. The van der Waals surface area contributed by atoms with E-state index in [4.69, 9.17) is 0 Å². The summed E-state index contributed by atoms with van der Waals surface area (Å²) in [6.45, 7) is 9.68. The molecule has 1 aromatic carbocycles. The Bertz CT molecular complexity index is 596. The SMILES string of the molecule is CCCCCC/C=C(/[C@]1(CCc2ccccc2)CCC(=O)C1)[Si](C)(C)C. The number of Topliss-reactive ketones (excluding diaryl/α,β-unsaturated/α-hetero) is 1. The molecule has 1 aromatic rings. The molecule has 1 aliphatic carbocycles. The van der Waals surface area contributed by atoms with Crippen molar-refractivity contribution in [3.8, 4) is 0 Å². The lowest BCUT2D eigenvalue weighted by molar-refractivity contribution is -0.117. The molecule has 0 bridgehead atoms. The zero-order valence-corrected chi connectivity index (χ0v) is 18.4. The molecule has 0 amide bonds. The number of unbranched alkanes of at least 4 members (excludes halogenated alkanes) is 4. The lowest BCUT2D eigenvalue weighted by Crippen LogP contribution is -2.37. The molecule has 2 rings (SSSR count). The van der Waals surface area contributed by atoms with Gasteiger partial charge in [0.15, 0.2) is 0 Å². The van der Waals surface area contributed by atoms with Gasteiger partial charge in [0.2, 0.25) is 0 Å². The van der Waals surface area contributed by atoms with Crippen LogP contribution in [0, 0.1) is 5.41 Å². The van der Waals surface area contributed by atoms with Crippen LogP contribution in [0.25, 0.3) is 0 Å². The highest BCUT2D eigenvalue weighted by Crippen LogP contribution is 2.49. The summed E-state index contributed by atoms with van der Waals surface area (Å²) in [5, 5.41) is 1.68. The summed E-state index contributed by atoms with van der Waals surface area (Å²) in [4.78, 5) is 12.3. The van der Waals surface area contributed by atoms with Crippen molar-refractivity contribution in [3.05, 3.63) is 47.2 Å². The Morgan fingerprint density at radius 1 is 1.12 bits per heavy atom. The van der Waals surface area contributed by atoms with Crippen LogP contribution in [0.5, 0.6) is 0 Å². The van der Waals surface area contributed by atoms with Crippen molar-refractivity contribution in [1.82, 2.24) is 0 Å². The van der Waals surface area contributed by atoms with Crippen LogP contribution in [0.2, 0.25) is 19.6 Å². The van der Waals surface area contributed by atoms with Crippen LogP contribution in [-0.4, -0.2) is 13.9 Å². The summed E-state index contributed by atoms with van der Waals surface area (Å²) in [5.41, 5.74) is 1.55. The van der Waals surface area contributed by atoms with Gasteiger partial charge in [-0.1, -0.05) is 87.4 Å². The Kier molecular flexibility index (Phi) is 7.88. The van der Waals surface area contributed by atoms with Gasteiger partial charge in [-0.15, -0.1) is 0 Å². The first-order valence-corrected chi connectivity index (χ1v) is 14.1. The Morgan fingerprint density at radius 3 is 2.42 bits per heavy atom. The summed E-state index contributed by atoms with van der Waals surface area (Å²) in [6.07, 6.45) is 13.9. The van der Waals surface area contributed by atoms with Crippen molar-refractivity contribution in [3.63, 3.8) is 0 Å². The minimum atomic E-state index is -1.45. The van der Waals surface area contributed by atoms with Gasteiger partial charge in [-0.25, -0.2) is 0 Å². The molecular formula is C24H38OSi. The average molecular weight is 371 g/mol. The third-order valence-electron chi connectivity index (χ3n) is 5.94. The molecule has 2 heteroatoms. The monoisotopic (exact) mass is 370 g/mol. The summed E-state index contributed by atoms with van der Waals surface area (Å²) in [7, 11) is -1.45. The maximum Gasteiger partial charge on any atom is 0.133 e. The second-order valence-electron chi connectivity index (χ2n) is 9.20. The number of benzene rings is 1. The normalized spacial score (nSPS) is 21.4. The Balaban J connectivity index is 2.19. The molecule has 1 saturated carbocycles. The van der Waals surface area contributed by atoms with Crippen LogP contribution in [0.3, 0.4) is 0 Å². The molecule has 0 N–H and O–H groups in total. The number of hydrogen-bond donors (Lipinski definition) is 0. The van der Waals surface area contributed by atoms with E-state index in [1.807, 2.05) is 0 Å². The largest absolute Gasteiger partial charge is 0.300 e. The van der Waals surface area contributed by atoms with E-state index in [0.29, 0.717) is 5.78 Å². The second kappa shape index (κ2) is 9.69. The minimum absolute atomic E-state index is 0.141. The number of hydrogen-bond acceptors (Lipinski definition) is 1. The number of rotatable bonds is 10. The third-order valence-corrected chi connectivity index (χ3v) is 8.29. The fourth-order valence-corrected chi connectivity index (χ4v) is 7.36. The number of allylic oxidation sites excluding steroid dienone is 2. The molecule has 0 aromatic heterocycles. The summed E-state index contributed by atoms with van der Waals surface area (Å²) >= 11 is 0. The van der Waals surface area contributed by atoms with Crippen LogP contribution in [0.15, 0.2) is 41.6 Å². The van der Waals surface area contributed by atoms with Crippen molar-refractivity contribution >= 4 is 13.9 Å². The van der Waals surface area contributed by atoms with Crippen molar-refractivity contribution < 1.29 is 4.79 Å². The second-order valence-corrected chi connectivity index (χ2v) is 14.2. The number of carbonyl (C=O) groups is 1. The Morgan fingerprint density at radius 2 is 1.85 bits per heavy atom. The fourth-order valence-electron chi connectivity index (χ4n) is 4.67. The molecule has 1 fully saturated rings. The number of aryl methyl sites for hydroxylation is 1. The van der Waals surface area contributed by atoms with Gasteiger partial charge in [0, 0.05) is 12.8 Å². The molecule has 1 nitrogen and oxygen atoms in total. The van der Waals surface area contributed by atoms with Gasteiger partial charge < -0.3 is 0 Å². The predicted molar refractivity (Wildman–Crippen MR) is 116 cm³/mol. The highest BCUT2D eigenvalue weighted by atomic mass is 28.3. The van der Waals surface area contributed by atoms with Crippen molar-refractivity contribution in [1.29, 1.82) is 0 Å². The van der Waals surface area contributed by atoms with Gasteiger partial charge in [-0.05, 0) is 43.1 Å². The van der Waals surface area contributed by atoms with Gasteiger partial charge in [0.25, 0.3) is 0 Å². The van der Waals surface area contributed by atoms with Crippen LogP contribution in [-0.2, 0) is 11.2 Å². The minimum Gasteiger partial charge on any atom is -0.300 e. The maximum atomic E-state index is 12.3. The molecule has 1 aliphatic rings. The predicted octanol–water partition coefficient (Wildman–Crippen LogP) is 7.13. The Hall–Kier alpha value is -1.15. The van der Waals surface area contributed by atoms with Gasteiger partial charge in [-0.3, -0.25) is 4.79 Å². The van der Waals surface area contributed by atoms with Gasteiger partial charge >= 0.3 is 0 Å². The molecule has 0 radical (unpaired) electrons. The number of carbonyl (C=O) groups excluding carboxylic acids is 1. The van der Waals surface area contributed by atoms with E-state index in [0.717, 1.165) is 32.1 Å². The fraction of sp³-hybridized carbons (Fsp3) is 0.625. The highest BCUT2D eigenvalue weighted by Gasteiger charge is 2.44. The van der Waals surface area contributed by atoms with E-state index in [1.54, 1.807) is 5.20 Å². The summed E-state index contributed by atoms with van der Waals surface area (Å²) in [5.74, 6) is 0.480. The van der Waals surface area contributed by atoms with Crippen molar-refractivity contribution in [2.45, 2.75) is 90.8 Å². The molecule has 0 unspecified atom stereocenters. The third kappa shape index (κ3) is 5.94. The molecule has 0 aliphatic heterocycles. The van der Waals surface area contributed by atoms with E-state index in [-0.39, 0.29) is 5.41 Å². The van der Waals surface area contributed by atoms with E-state index in [1.165, 1.54) is 37.7 Å². The van der Waals surface area contributed by atoms with E-state index in [2.05, 4.69) is 63.0 Å². The first-order chi connectivity index (χ1) is 12.4. The molecular weight excluding hydrogens is 332 g/mol. The summed E-state index contributed by atoms with van der Waals surface area (Å²) in [6, 6.07) is 10.8.